The van der Waals surface area contributed by atoms with E-state index in [4.69, 9.17) is 0 Å². The van der Waals surface area contributed by atoms with E-state index in [2.05, 4.69) is 17.1 Å². The summed E-state index contributed by atoms with van der Waals surface area (Å²) in [6, 6.07) is 16.7. The first kappa shape index (κ1) is 23.1. The molecule has 7 heteroatoms. The molecule has 2 aromatic rings. The van der Waals surface area contributed by atoms with Crippen molar-refractivity contribution < 1.29 is 19.8 Å². The first-order chi connectivity index (χ1) is 13.1. The Morgan fingerprint density at radius 3 is 2.21 bits per heavy atom. The van der Waals surface area contributed by atoms with Crippen molar-refractivity contribution in [3.05, 3.63) is 60.2 Å². The Labute approximate surface area is 166 Å². The highest BCUT2D eigenvalue weighted by Crippen LogP contribution is 2.26. The molecule has 0 saturated heterocycles. The van der Waals surface area contributed by atoms with E-state index in [0.29, 0.717) is 12.2 Å². The minimum Gasteiger partial charge on any atom is -0.530 e. The number of carbonyl (C=O) groups is 2. The van der Waals surface area contributed by atoms with E-state index in [1.165, 1.54) is 0 Å². The van der Waals surface area contributed by atoms with Gasteiger partial charge in [-0.25, -0.2) is 0 Å². The van der Waals surface area contributed by atoms with Gasteiger partial charge in [0.05, 0.1) is 13.6 Å². The van der Waals surface area contributed by atoms with Crippen molar-refractivity contribution in [2.45, 2.75) is 19.9 Å². The van der Waals surface area contributed by atoms with Crippen LogP contribution in [-0.4, -0.2) is 49.9 Å². The van der Waals surface area contributed by atoms with Crippen LogP contribution in [0, 0.1) is 0 Å². The maximum atomic E-state index is 11.4. The summed E-state index contributed by atoms with van der Waals surface area (Å²) >= 11 is 0. The van der Waals surface area contributed by atoms with Crippen LogP contribution >= 0.6 is 0 Å². The molecule has 0 spiro atoms. The Kier molecular flexibility index (Phi) is 8.63. The lowest BCUT2D eigenvalue weighted by Gasteiger charge is -2.27. The number of quaternary nitrogens is 1. The molecule has 7 nitrogen and oxygen atoms in total. The van der Waals surface area contributed by atoms with Crippen LogP contribution < -0.4 is 14.9 Å². The number of amides is 2. The largest absolute Gasteiger partial charge is 0.530 e. The van der Waals surface area contributed by atoms with Crippen LogP contribution in [0.4, 0.5) is 21.0 Å². The third kappa shape index (κ3) is 6.37. The summed E-state index contributed by atoms with van der Waals surface area (Å²) in [5, 5.41) is 21.4. The van der Waals surface area contributed by atoms with Crippen LogP contribution in [0.2, 0.25) is 0 Å². The Hall–Kier alpha value is -2.90. The molecule has 2 aromatic carbocycles. The SMILES string of the molecule is CC[N@+](C)(C(=O)O)c1cccc(C(C)N(C)C)c1.O=C([O-])Nc1ccccc1. The zero-order valence-corrected chi connectivity index (χ0v) is 17.0. The van der Waals surface area contributed by atoms with Crippen LogP contribution in [0.5, 0.6) is 0 Å². The quantitative estimate of drug-likeness (QED) is 0.767. The highest BCUT2D eigenvalue weighted by molar-refractivity contribution is 5.81. The lowest BCUT2D eigenvalue weighted by Crippen LogP contribution is -2.49. The number of rotatable bonds is 5. The molecule has 2 N–H and O–H groups in total. The highest BCUT2D eigenvalue weighted by atomic mass is 16.4. The molecule has 2 amide bonds. The lowest BCUT2D eigenvalue weighted by atomic mass is 10.1. The summed E-state index contributed by atoms with van der Waals surface area (Å²) in [5.74, 6) is 0. The molecule has 0 saturated carbocycles. The van der Waals surface area contributed by atoms with Gasteiger partial charge in [0, 0.05) is 17.8 Å². The maximum Gasteiger partial charge on any atom is 0.518 e. The van der Waals surface area contributed by atoms with Crippen molar-refractivity contribution in [1.29, 1.82) is 0 Å². The average molecular weight is 387 g/mol. The lowest BCUT2D eigenvalue weighted by molar-refractivity contribution is -0.242. The van der Waals surface area contributed by atoms with Crippen molar-refractivity contribution in [2.75, 3.05) is 33.0 Å². The molecule has 0 aliphatic heterocycles. The number of benzene rings is 2. The highest BCUT2D eigenvalue weighted by Gasteiger charge is 2.32. The topological polar surface area (TPSA) is 92.7 Å². The molecule has 1 unspecified atom stereocenters. The summed E-state index contributed by atoms with van der Waals surface area (Å²) in [6.45, 7) is 4.52. The third-order valence-electron chi connectivity index (χ3n) is 4.77. The number of anilines is 1. The number of para-hydroxylation sites is 1. The fraction of sp³-hybridized carbons (Fsp3) is 0.333. The van der Waals surface area contributed by atoms with E-state index in [9.17, 15) is 19.8 Å². The number of carbonyl (C=O) groups excluding carboxylic acids is 1. The smallest absolute Gasteiger partial charge is 0.518 e. The predicted octanol–water partition coefficient (Wildman–Crippen LogP) is 3.39. The second-order valence-electron chi connectivity index (χ2n) is 6.80. The summed E-state index contributed by atoms with van der Waals surface area (Å²) < 4.78 is -0.0893. The number of nitrogens with one attached hydrogen (secondary N) is 1. The fourth-order valence-electron chi connectivity index (χ4n) is 2.46. The van der Waals surface area contributed by atoms with Gasteiger partial charge in [-0.2, -0.15) is 9.28 Å². The molecule has 0 aromatic heterocycles. The minimum atomic E-state index is -1.29. The van der Waals surface area contributed by atoms with Crippen molar-refractivity contribution in [3.8, 4) is 0 Å². The van der Waals surface area contributed by atoms with E-state index in [-0.39, 0.29) is 10.5 Å². The summed E-state index contributed by atoms with van der Waals surface area (Å²) in [5.41, 5.74) is 2.48. The number of nitrogens with zero attached hydrogens (tertiary/aromatic N) is 2. The van der Waals surface area contributed by atoms with E-state index in [0.717, 1.165) is 11.3 Å². The summed E-state index contributed by atoms with van der Waals surface area (Å²) in [4.78, 5) is 23.5. The minimum absolute atomic E-state index is 0.0893. The van der Waals surface area contributed by atoms with Gasteiger partial charge >= 0.3 is 6.09 Å². The van der Waals surface area contributed by atoms with Crippen molar-refractivity contribution in [1.82, 2.24) is 9.38 Å². The monoisotopic (exact) mass is 387 g/mol. The zero-order chi connectivity index (χ0) is 21.3. The van der Waals surface area contributed by atoms with Crippen LogP contribution in [0.3, 0.4) is 0 Å². The summed E-state index contributed by atoms with van der Waals surface area (Å²) in [6.07, 6.45) is -2.11. The van der Waals surface area contributed by atoms with Gasteiger partial charge in [0.15, 0.2) is 0 Å². The van der Waals surface area contributed by atoms with E-state index in [1.54, 1.807) is 37.4 Å². The molecular formula is C21H29N3O4. The van der Waals surface area contributed by atoms with Gasteiger partial charge in [0.25, 0.3) is 0 Å². The first-order valence-electron chi connectivity index (χ1n) is 9.00. The number of hydrogen-bond donors (Lipinski definition) is 2. The Morgan fingerprint density at radius 1 is 1.14 bits per heavy atom. The van der Waals surface area contributed by atoms with Crippen LogP contribution in [-0.2, 0) is 0 Å². The van der Waals surface area contributed by atoms with E-state index < -0.39 is 12.2 Å². The second-order valence-corrected chi connectivity index (χ2v) is 6.80. The van der Waals surface area contributed by atoms with Gasteiger partial charge in [0.1, 0.15) is 11.8 Å². The molecule has 2 rings (SSSR count). The number of carboxylic acid groups (broad SMARTS) is 2. The zero-order valence-electron chi connectivity index (χ0n) is 17.0. The van der Waals surface area contributed by atoms with Gasteiger partial charge in [-0.15, -0.1) is 0 Å². The van der Waals surface area contributed by atoms with Crippen LogP contribution in [0.1, 0.15) is 25.5 Å². The molecule has 152 valence electrons. The van der Waals surface area contributed by atoms with Gasteiger partial charge < -0.3 is 25.2 Å². The molecule has 28 heavy (non-hydrogen) atoms. The van der Waals surface area contributed by atoms with Crippen LogP contribution in [0.25, 0.3) is 0 Å². The van der Waals surface area contributed by atoms with E-state index >= 15 is 0 Å². The average Bonchev–Trinajstić information content (AvgIpc) is 2.67. The van der Waals surface area contributed by atoms with Crippen molar-refractivity contribution >= 4 is 23.6 Å². The molecule has 0 fully saturated rings. The second kappa shape index (κ2) is 10.4. The Morgan fingerprint density at radius 2 is 1.75 bits per heavy atom. The van der Waals surface area contributed by atoms with Gasteiger partial charge in [-0.1, -0.05) is 30.3 Å². The molecule has 0 heterocycles. The standard InChI is InChI=1S/C14H22N2O2.C7H7NO2/c1-6-16(5,14(17)18)13-9-7-8-12(10-13)11(2)15(3)4;9-7(10)8-6-4-2-1-3-5-6/h7-11H,6H2,1-5H3;1-5,8H,(H,9,10)/t11?,16-;/m0./s1. The molecule has 0 radical (unpaired) electrons. The third-order valence-corrected chi connectivity index (χ3v) is 4.77. The normalized spacial score (nSPS) is 13.6. The van der Waals surface area contributed by atoms with Crippen molar-refractivity contribution in [2.24, 2.45) is 0 Å². The van der Waals surface area contributed by atoms with E-state index in [1.807, 2.05) is 45.3 Å². The molecule has 0 aliphatic rings. The van der Waals surface area contributed by atoms with Gasteiger partial charge in [-0.05, 0) is 51.7 Å². The molecule has 0 aliphatic carbocycles. The fourth-order valence-corrected chi connectivity index (χ4v) is 2.46. The number of hydrogen-bond acceptors (Lipinski definition) is 4. The molecular weight excluding hydrogens is 358 g/mol. The maximum absolute atomic E-state index is 11.4. The van der Waals surface area contributed by atoms with Gasteiger partial charge in [-0.3, -0.25) is 0 Å². The predicted molar refractivity (Wildman–Crippen MR) is 110 cm³/mol. The van der Waals surface area contributed by atoms with Gasteiger partial charge in [0.2, 0.25) is 0 Å². The Balaban J connectivity index is 0.000000330. The Bertz CT molecular complexity index is 780. The molecule has 2 atom stereocenters. The first-order valence-corrected chi connectivity index (χ1v) is 9.00. The van der Waals surface area contributed by atoms with Crippen LogP contribution in [0.15, 0.2) is 54.6 Å². The molecule has 0 bridgehead atoms. The van der Waals surface area contributed by atoms with Crippen molar-refractivity contribution in [3.63, 3.8) is 0 Å². The summed E-state index contributed by atoms with van der Waals surface area (Å²) in [7, 11) is 5.76.